The molecule has 3 N–H and O–H groups in total. The molecule has 0 spiro atoms. The van der Waals surface area contributed by atoms with Gasteiger partial charge in [-0.05, 0) is 12.8 Å². The summed E-state index contributed by atoms with van der Waals surface area (Å²) in [5, 5.41) is 21.8. The average molecular weight is 560 g/mol. The van der Waals surface area contributed by atoms with Crippen LogP contribution in [0.3, 0.4) is 0 Å². The molecule has 15 nitrogen and oxygen atoms in total. The molecule has 3 aromatic heterocycles. The van der Waals surface area contributed by atoms with Crippen LogP contribution in [0.2, 0.25) is 0 Å². The third kappa shape index (κ3) is 5.87. The molecule has 2 saturated heterocycles. The summed E-state index contributed by atoms with van der Waals surface area (Å²) in [6, 6.07) is 0.190. The maximum Gasteiger partial charge on any atom is 0.293 e. The molecule has 5 rings (SSSR count). The number of fused-ring (bicyclic) bond motifs is 1. The quantitative estimate of drug-likeness (QED) is 0.255. The molecule has 3 aromatic rings. The summed E-state index contributed by atoms with van der Waals surface area (Å²) < 4.78 is 23.9. The molecule has 0 bridgehead atoms. The molecule has 40 heavy (non-hydrogen) atoms. The van der Waals surface area contributed by atoms with E-state index in [1.165, 1.54) is 0 Å². The predicted octanol–water partition coefficient (Wildman–Crippen LogP) is 1.29. The van der Waals surface area contributed by atoms with Crippen LogP contribution in [-0.4, -0.2) is 104 Å². The molecular formula is C25H37N9O6. The zero-order valence-corrected chi connectivity index (χ0v) is 23.0. The normalized spacial score (nSPS) is 23.6. The van der Waals surface area contributed by atoms with Crippen LogP contribution in [0.1, 0.15) is 57.7 Å². The fourth-order valence-corrected chi connectivity index (χ4v) is 4.93. The molecule has 5 heterocycles. The van der Waals surface area contributed by atoms with Gasteiger partial charge in [-0.1, -0.05) is 25.9 Å². The van der Waals surface area contributed by atoms with Crippen molar-refractivity contribution in [1.82, 2.24) is 34.6 Å². The summed E-state index contributed by atoms with van der Waals surface area (Å²) in [5.74, 6) is 1.59. The first-order valence-corrected chi connectivity index (χ1v) is 13.9. The standard InChI is InChI=1S/C25H37N9O6/c1-4-15(5-2)28-21-17-22(31-25(30-21)26-7-8-33-9-11-37-12-10-33)34(13-27-17)24-20(38-14-35)18(36)19(39-24)23-29-16(6-3)32-40-23/h13-15,18-20,24,36H,4-12H2,1-3H3,(H2,26,28,30,31)/t18-,19+,20-,24-/m1/s1. The lowest BCUT2D eigenvalue weighted by molar-refractivity contribution is -0.142. The maximum absolute atomic E-state index is 11.4. The van der Waals surface area contributed by atoms with E-state index in [1.54, 1.807) is 10.9 Å². The van der Waals surface area contributed by atoms with Gasteiger partial charge in [-0.2, -0.15) is 15.0 Å². The number of aromatic nitrogens is 6. The fraction of sp³-hybridized carbons (Fsp3) is 0.680. The lowest BCUT2D eigenvalue weighted by Crippen LogP contribution is -2.39. The topological polar surface area (TPSA) is 175 Å². The second-order valence-electron chi connectivity index (χ2n) is 9.80. The zero-order chi connectivity index (χ0) is 28.1. The van der Waals surface area contributed by atoms with E-state index < -0.39 is 24.5 Å². The van der Waals surface area contributed by atoms with Gasteiger partial charge in [0.1, 0.15) is 6.10 Å². The Kier molecular flexibility index (Phi) is 9.04. The van der Waals surface area contributed by atoms with Crippen LogP contribution >= 0.6 is 0 Å². The number of nitrogens with zero attached hydrogens (tertiary/aromatic N) is 7. The highest BCUT2D eigenvalue weighted by atomic mass is 16.6. The highest BCUT2D eigenvalue weighted by Crippen LogP contribution is 2.41. The Morgan fingerprint density at radius 1 is 1.20 bits per heavy atom. The van der Waals surface area contributed by atoms with E-state index in [4.69, 9.17) is 28.7 Å². The largest absolute Gasteiger partial charge is 0.457 e. The molecule has 15 heteroatoms. The van der Waals surface area contributed by atoms with Crippen molar-refractivity contribution in [3.63, 3.8) is 0 Å². The lowest BCUT2D eigenvalue weighted by Gasteiger charge is -2.26. The number of aliphatic hydroxyl groups excluding tert-OH is 1. The third-order valence-electron chi connectivity index (χ3n) is 7.31. The number of nitrogens with one attached hydrogen (secondary N) is 2. The number of aryl methyl sites for hydroxylation is 1. The van der Waals surface area contributed by atoms with E-state index in [-0.39, 0.29) is 18.4 Å². The van der Waals surface area contributed by atoms with Gasteiger partial charge in [-0.25, -0.2) is 4.98 Å². The molecular weight excluding hydrogens is 522 g/mol. The number of hydrogen-bond donors (Lipinski definition) is 3. The van der Waals surface area contributed by atoms with E-state index in [9.17, 15) is 9.90 Å². The first kappa shape index (κ1) is 28.1. The molecule has 2 fully saturated rings. The number of carbonyl (C=O) groups is 1. The van der Waals surface area contributed by atoms with Gasteiger partial charge in [0.05, 0.1) is 19.5 Å². The van der Waals surface area contributed by atoms with Crippen molar-refractivity contribution in [3.05, 3.63) is 18.0 Å². The number of rotatable bonds is 13. The number of morpholine rings is 1. The first-order valence-electron chi connectivity index (χ1n) is 13.9. The van der Waals surface area contributed by atoms with Crippen LogP contribution in [0.4, 0.5) is 11.8 Å². The van der Waals surface area contributed by atoms with E-state index in [2.05, 4.69) is 44.5 Å². The van der Waals surface area contributed by atoms with Gasteiger partial charge in [0, 0.05) is 38.6 Å². The van der Waals surface area contributed by atoms with Crippen molar-refractivity contribution >= 4 is 29.4 Å². The number of anilines is 2. The second-order valence-corrected chi connectivity index (χ2v) is 9.80. The Morgan fingerprint density at radius 3 is 2.70 bits per heavy atom. The molecule has 4 atom stereocenters. The molecule has 218 valence electrons. The molecule has 2 aliphatic heterocycles. The van der Waals surface area contributed by atoms with Crippen LogP contribution in [0.15, 0.2) is 10.9 Å². The number of aliphatic hydroxyl groups is 1. The number of carbonyl (C=O) groups excluding carboxylic acids is 1. The van der Waals surface area contributed by atoms with Gasteiger partial charge >= 0.3 is 0 Å². The number of hydrogen-bond acceptors (Lipinski definition) is 14. The Labute approximate surface area is 231 Å². The maximum atomic E-state index is 11.4. The number of imidazole rings is 1. The molecule has 0 amide bonds. The second kappa shape index (κ2) is 12.8. The van der Waals surface area contributed by atoms with Gasteiger partial charge in [-0.15, -0.1) is 0 Å². The summed E-state index contributed by atoms with van der Waals surface area (Å²) in [7, 11) is 0. The summed E-state index contributed by atoms with van der Waals surface area (Å²) in [5.41, 5.74) is 0.984. The monoisotopic (exact) mass is 559 g/mol. The van der Waals surface area contributed by atoms with Crippen molar-refractivity contribution < 1.29 is 28.6 Å². The van der Waals surface area contributed by atoms with E-state index in [0.29, 0.717) is 41.7 Å². The Balaban J connectivity index is 1.46. The van der Waals surface area contributed by atoms with Gasteiger partial charge in [0.15, 0.2) is 41.2 Å². The number of ether oxygens (including phenoxy) is 3. The van der Waals surface area contributed by atoms with E-state index >= 15 is 0 Å². The minimum atomic E-state index is -1.26. The molecule has 2 aliphatic rings. The van der Waals surface area contributed by atoms with E-state index in [1.807, 2.05) is 6.92 Å². The van der Waals surface area contributed by atoms with Crippen LogP contribution < -0.4 is 10.6 Å². The third-order valence-corrected chi connectivity index (χ3v) is 7.31. The highest BCUT2D eigenvalue weighted by molar-refractivity contribution is 5.84. The molecule has 0 aliphatic carbocycles. The average Bonchev–Trinajstić information content (AvgIpc) is 3.70. The Hall–Kier alpha value is -3.40. The van der Waals surface area contributed by atoms with Crippen LogP contribution in [0.25, 0.3) is 11.2 Å². The summed E-state index contributed by atoms with van der Waals surface area (Å²) in [6.45, 7) is 11.1. The summed E-state index contributed by atoms with van der Waals surface area (Å²) >= 11 is 0. The van der Waals surface area contributed by atoms with Gasteiger partial charge < -0.3 is 34.5 Å². The molecule has 0 saturated carbocycles. The molecule has 0 unspecified atom stereocenters. The Bertz CT molecular complexity index is 1260. The first-order chi connectivity index (χ1) is 19.6. The van der Waals surface area contributed by atoms with Crippen LogP contribution in [-0.2, 0) is 25.4 Å². The minimum absolute atomic E-state index is 0.104. The van der Waals surface area contributed by atoms with Gasteiger partial charge in [0.2, 0.25) is 5.95 Å². The van der Waals surface area contributed by atoms with Crippen LogP contribution in [0.5, 0.6) is 0 Å². The van der Waals surface area contributed by atoms with Crippen molar-refractivity contribution in [2.45, 2.75) is 70.6 Å². The van der Waals surface area contributed by atoms with Crippen molar-refractivity contribution in [2.75, 3.05) is 50.0 Å². The van der Waals surface area contributed by atoms with Gasteiger partial charge in [0.25, 0.3) is 12.4 Å². The zero-order valence-electron chi connectivity index (χ0n) is 23.0. The predicted molar refractivity (Wildman–Crippen MR) is 143 cm³/mol. The van der Waals surface area contributed by atoms with Crippen molar-refractivity contribution in [3.8, 4) is 0 Å². The molecule has 0 radical (unpaired) electrons. The minimum Gasteiger partial charge on any atom is -0.457 e. The van der Waals surface area contributed by atoms with Crippen LogP contribution in [0, 0.1) is 0 Å². The lowest BCUT2D eigenvalue weighted by atomic mass is 10.1. The summed E-state index contributed by atoms with van der Waals surface area (Å²) in [4.78, 5) is 32.1. The highest BCUT2D eigenvalue weighted by Gasteiger charge is 2.50. The van der Waals surface area contributed by atoms with Gasteiger partial charge in [-0.3, -0.25) is 14.3 Å². The summed E-state index contributed by atoms with van der Waals surface area (Å²) in [6.07, 6.45) is -0.378. The molecule has 0 aromatic carbocycles. The fourth-order valence-electron chi connectivity index (χ4n) is 4.93. The smallest absolute Gasteiger partial charge is 0.293 e. The van der Waals surface area contributed by atoms with Crippen molar-refractivity contribution in [2.24, 2.45) is 0 Å². The SMILES string of the molecule is CCc1noc([C@H]2O[C@@H](n3cnc4c(NC(CC)CC)nc(NCCN5CCOCC5)nc43)[C@H](OC=O)[C@@H]2O)n1. The Morgan fingerprint density at radius 2 is 2.00 bits per heavy atom. The van der Waals surface area contributed by atoms with Crippen molar-refractivity contribution in [1.29, 1.82) is 0 Å². The van der Waals surface area contributed by atoms with E-state index in [0.717, 1.165) is 45.7 Å².